The molecule has 0 spiro atoms. The van der Waals surface area contributed by atoms with Crippen LogP contribution in [-0.4, -0.2) is 59.9 Å². The van der Waals surface area contributed by atoms with E-state index in [0.29, 0.717) is 12.1 Å². The fourth-order valence-corrected chi connectivity index (χ4v) is 5.81. The van der Waals surface area contributed by atoms with Crippen LogP contribution in [0.4, 0.5) is 8.78 Å². The molecule has 6 rings (SSSR count). The van der Waals surface area contributed by atoms with Crippen molar-refractivity contribution in [2.45, 2.75) is 37.6 Å². The molecule has 3 aromatic rings. The third-order valence-corrected chi connectivity index (χ3v) is 7.80. The number of benzene rings is 3. The van der Waals surface area contributed by atoms with E-state index in [0.717, 1.165) is 42.6 Å². The average Bonchev–Trinajstić information content (AvgIpc) is 3.48. The van der Waals surface area contributed by atoms with Crippen LogP contribution in [0.5, 0.6) is 11.5 Å². The van der Waals surface area contributed by atoms with Crippen LogP contribution in [-0.2, 0) is 16.2 Å². The molecule has 40 heavy (non-hydrogen) atoms. The third kappa shape index (κ3) is 5.15. The minimum atomic E-state index is -1.23. The first-order valence-corrected chi connectivity index (χ1v) is 13.5. The van der Waals surface area contributed by atoms with E-state index in [1.54, 1.807) is 18.2 Å². The van der Waals surface area contributed by atoms with Crippen molar-refractivity contribution >= 4 is 5.91 Å². The van der Waals surface area contributed by atoms with E-state index in [2.05, 4.69) is 4.90 Å². The van der Waals surface area contributed by atoms with Crippen molar-refractivity contribution in [1.29, 1.82) is 0 Å². The number of amides is 1. The molecule has 3 N–H and O–H groups in total. The molecule has 0 bridgehead atoms. The number of likely N-dealkylation sites (tertiary alicyclic amines) is 1. The van der Waals surface area contributed by atoms with Crippen molar-refractivity contribution in [3.63, 3.8) is 0 Å². The SMILES string of the molecule is NC(=O)C1c2ccc(-c3ccc(F)cc3)cc2CON1[C@H](CN1CCCC1)[C@H](O)c1cc(F)c2c(c1)OCCO2. The average molecular weight is 552 g/mol. The Hall–Kier alpha value is -3.57. The summed E-state index contributed by atoms with van der Waals surface area (Å²) < 4.78 is 39.4. The molecule has 3 heterocycles. The number of aliphatic hydroxyl groups is 1. The summed E-state index contributed by atoms with van der Waals surface area (Å²) in [5.74, 6) is -1.34. The molecule has 10 heteroatoms. The van der Waals surface area contributed by atoms with Gasteiger partial charge in [0.25, 0.3) is 0 Å². The van der Waals surface area contributed by atoms with Gasteiger partial charge in [0, 0.05) is 6.54 Å². The highest BCUT2D eigenvalue weighted by Gasteiger charge is 2.42. The van der Waals surface area contributed by atoms with Crippen molar-refractivity contribution in [1.82, 2.24) is 9.96 Å². The highest BCUT2D eigenvalue weighted by Crippen LogP contribution is 2.41. The molecule has 210 valence electrons. The number of hydrogen-bond donors (Lipinski definition) is 2. The third-order valence-electron chi connectivity index (χ3n) is 7.80. The van der Waals surface area contributed by atoms with E-state index in [-0.39, 0.29) is 42.7 Å². The largest absolute Gasteiger partial charge is 0.486 e. The quantitative estimate of drug-likeness (QED) is 0.460. The van der Waals surface area contributed by atoms with E-state index in [9.17, 15) is 18.7 Å². The summed E-state index contributed by atoms with van der Waals surface area (Å²) in [6.07, 6.45) is 0.820. The van der Waals surface area contributed by atoms with E-state index in [4.69, 9.17) is 20.0 Å². The van der Waals surface area contributed by atoms with Gasteiger partial charge >= 0.3 is 0 Å². The fourth-order valence-electron chi connectivity index (χ4n) is 5.81. The van der Waals surface area contributed by atoms with Crippen LogP contribution in [0.1, 0.15) is 41.7 Å². The summed E-state index contributed by atoms with van der Waals surface area (Å²) in [6, 6.07) is 12.8. The van der Waals surface area contributed by atoms with Crippen LogP contribution in [0.15, 0.2) is 54.6 Å². The van der Waals surface area contributed by atoms with Crippen LogP contribution in [0, 0.1) is 11.6 Å². The Bertz CT molecular complexity index is 1400. The summed E-state index contributed by atoms with van der Waals surface area (Å²) in [5, 5.41) is 13.2. The zero-order valence-electron chi connectivity index (χ0n) is 21.9. The summed E-state index contributed by atoms with van der Waals surface area (Å²) >= 11 is 0. The van der Waals surface area contributed by atoms with Gasteiger partial charge in [0.05, 0.1) is 18.8 Å². The highest BCUT2D eigenvalue weighted by molar-refractivity contribution is 5.82. The first-order chi connectivity index (χ1) is 19.4. The van der Waals surface area contributed by atoms with Crippen molar-refractivity contribution in [3.05, 3.63) is 82.9 Å². The number of hydrogen-bond acceptors (Lipinski definition) is 7. The molecular formula is C30H31F2N3O5. The Labute approximate surface area is 230 Å². The first kappa shape index (κ1) is 26.6. The van der Waals surface area contributed by atoms with E-state index >= 15 is 0 Å². The van der Waals surface area contributed by atoms with Crippen molar-refractivity contribution in [3.8, 4) is 22.6 Å². The Kier molecular flexibility index (Phi) is 7.41. The number of rotatable bonds is 7. The predicted octanol–water partition coefficient (Wildman–Crippen LogP) is 3.87. The van der Waals surface area contributed by atoms with Gasteiger partial charge in [-0.05, 0) is 84.1 Å². The molecule has 8 nitrogen and oxygen atoms in total. The molecule has 0 aromatic heterocycles. The zero-order chi connectivity index (χ0) is 27.8. The van der Waals surface area contributed by atoms with Crippen LogP contribution in [0.3, 0.4) is 0 Å². The predicted molar refractivity (Wildman–Crippen MR) is 142 cm³/mol. The summed E-state index contributed by atoms with van der Waals surface area (Å²) in [6.45, 7) is 2.71. The first-order valence-electron chi connectivity index (χ1n) is 13.5. The number of ether oxygens (including phenoxy) is 2. The summed E-state index contributed by atoms with van der Waals surface area (Å²) in [5.41, 5.74) is 9.33. The van der Waals surface area contributed by atoms with Gasteiger partial charge in [0.1, 0.15) is 25.1 Å². The molecule has 3 aromatic carbocycles. The summed E-state index contributed by atoms with van der Waals surface area (Å²) in [7, 11) is 0. The number of carbonyl (C=O) groups is 1. The van der Waals surface area contributed by atoms with Gasteiger partial charge in [-0.15, -0.1) is 0 Å². The van der Waals surface area contributed by atoms with Gasteiger partial charge in [0.2, 0.25) is 5.91 Å². The van der Waals surface area contributed by atoms with E-state index in [1.807, 2.05) is 18.2 Å². The van der Waals surface area contributed by atoms with E-state index < -0.39 is 29.9 Å². The minimum absolute atomic E-state index is 0.0217. The molecular weight excluding hydrogens is 520 g/mol. The maximum absolute atomic E-state index is 14.9. The van der Waals surface area contributed by atoms with Crippen molar-refractivity contribution in [2.24, 2.45) is 5.73 Å². The van der Waals surface area contributed by atoms with Crippen molar-refractivity contribution in [2.75, 3.05) is 32.8 Å². The molecule has 1 saturated heterocycles. The van der Waals surface area contributed by atoms with Crippen LogP contribution in [0.25, 0.3) is 11.1 Å². The number of carbonyl (C=O) groups excluding carboxylic acids is 1. The number of nitrogens with zero attached hydrogens (tertiary/aromatic N) is 2. The van der Waals surface area contributed by atoms with Crippen LogP contribution < -0.4 is 15.2 Å². The number of halogens is 2. The van der Waals surface area contributed by atoms with E-state index in [1.165, 1.54) is 23.3 Å². The number of fused-ring (bicyclic) bond motifs is 2. The second-order valence-electron chi connectivity index (χ2n) is 10.4. The van der Waals surface area contributed by atoms with Crippen LogP contribution in [0.2, 0.25) is 0 Å². The molecule has 0 saturated carbocycles. The lowest BCUT2D eigenvalue weighted by Crippen LogP contribution is -2.52. The molecule has 1 fully saturated rings. The van der Waals surface area contributed by atoms with Gasteiger partial charge < -0.3 is 25.2 Å². The number of aliphatic hydroxyl groups excluding tert-OH is 1. The Morgan fingerprint density at radius 2 is 1.73 bits per heavy atom. The minimum Gasteiger partial charge on any atom is -0.486 e. The second kappa shape index (κ2) is 11.1. The maximum Gasteiger partial charge on any atom is 0.241 e. The van der Waals surface area contributed by atoms with Gasteiger partial charge in [-0.1, -0.05) is 24.3 Å². The second-order valence-corrected chi connectivity index (χ2v) is 10.4. The standard InChI is InChI=1S/C30H31F2N3O5/c31-22-6-3-18(4-7-22)19-5-8-23-21(13-19)17-40-35(27(23)30(33)37)25(16-34-9-1-2-10-34)28(36)20-14-24(32)29-26(15-20)38-11-12-39-29/h3-8,13-15,25,27-28,36H,1-2,9-12,16-17H2,(H2,33,37)/t25-,27?,28-/m1/s1. The Morgan fingerprint density at radius 1 is 1.00 bits per heavy atom. The number of primary amides is 1. The number of nitrogens with two attached hydrogens (primary N) is 1. The lowest BCUT2D eigenvalue weighted by molar-refractivity contribution is -0.249. The van der Waals surface area contributed by atoms with Crippen molar-refractivity contribution < 1.29 is 33.0 Å². The Balaban J connectivity index is 1.35. The topological polar surface area (TPSA) is 97.5 Å². The van der Waals surface area contributed by atoms with Gasteiger partial charge in [-0.3, -0.25) is 9.63 Å². The maximum atomic E-state index is 14.9. The molecule has 0 aliphatic carbocycles. The normalized spacial score (nSPS) is 20.6. The van der Waals surface area contributed by atoms with Gasteiger partial charge in [-0.2, -0.15) is 5.06 Å². The van der Waals surface area contributed by atoms with Crippen LogP contribution >= 0.6 is 0 Å². The zero-order valence-corrected chi connectivity index (χ0v) is 21.9. The Morgan fingerprint density at radius 3 is 2.48 bits per heavy atom. The molecule has 1 amide bonds. The molecule has 3 aliphatic heterocycles. The fraction of sp³-hybridized carbons (Fsp3) is 0.367. The molecule has 0 radical (unpaired) electrons. The highest BCUT2D eigenvalue weighted by atomic mass is 19.1. The lowest BCUT2D eigenvalue weighted by atomic mass is 9.92. The monoisotopic (exact) mass is 551 g/mol. The van der Waals surface area contributed by atoms with Gasteiger partial charge in [-0.25, -0.2) is 8.78 Å². The smallest absolute Gasteiger partial charge is 0.241 e. The molecule has 1 unspecified atom stereocenters. The number of hydroxylamine groups is 2. The van der Waals surface area contributed by atoms with Gasteiger partial charge in [0.15, 0.2) is 17.3 Å². The lowest BCUT2D eigenvalue weighted by Gasteiger charge is -2.42. The molecule has 3 aliphatic rings. The molecule has 3 atom stereocenters. The summed E-state index contributed by atoms with van der Waals surface area (Å²) in [4.78, 5) is 21.3.